The van der Waals surface area contributed by atoms with Gasteiger partial charge in [0.05, 0.1) is 0 Å². The summed E-state index contributed by atoms with van der Waals surface area (Å²) in [6.45, 7) is 17.3. The Morgan fingerprint density at radius 2 is 1.45 bits per heavy atom. The molecule has 0 N–H and O–H groups in total. The largest absolute Gasteiger partial charge is 0.441 e. The second-order valence-corrected chi connectivity index (χ2v) is 20.3. The average molecular weight is 354 g/mol. The fourth-order valence-electron chi connectivity index (χ4n) is 2.72. The summed E-state index contributed by atoms with van der Waals surface area (Å²) in [5.74, 6) is 0.680. The van der Waals surface area contributed by atoms with Gasteiger partial charge in [-0.2, -0.15) is 0 Å². The number of para-hydroxylation sites is 1. The van der Waals surface area contributed by atoms with Crippen molar-refractivity contribution in [3.8, 4) is 0 Å². The van der Waals surface area contributed by atoms with Gasteiger partial charge in [0, 0.05) is 12.1 Å². The summed E-state index contributed by atoms with van der Waals surface area (Å²) in [7, 11) is -6.08. The first-order chi connectivity index (χ1) is 9.90. The summed E-state index contributed by atoms with van der Waals surface area (Å²) < 4.78 is 19.1. The molecule has 1 aromatic heterocycles. The van der Waals surface area contributed by atoms with Crippen molar-refractivity contribution >= 4 is 41.5 Å². The number of aromatic nitrogens is 1. The molecule has 0 aliphatic carbocycles. The van der Waals surface area contributed by atoms with Gasteiger partial charge < -0.3 is 12.6 Å². The fourth-order valence-corrected chi connectivity index (χ4v) is 14.5. The van der Waals surface area contributed by atoms with Crippen LogP contribution in [0.5, 0.6) is 0 Å². The summed E-state index contributed by atoms with van der Waals surface area (Å²) in [5.41, 5.74) is 1.71. The summed E-state index contributed by atoms with van der Waals surface area (Å²) in [5, 5.41) is 1.07. The average Bonchev–Trinajstić information content (AvgIpc) is 2.62. The van der Waals surface area contributed by atoms with Gasteiger partial charge in [-0.25, -0.2) is 4.98 Å². The van der Waals surface area contributed by atoms with Crippen LogP contribution in [0.4, 0.5) is 0 Å². The molecule has 0 fully saturated rings. The van der Waals surface area contributed by atoms with Gasteiger partial charge >= 0.3 is 8.56 Å². The Hall–Kier alpha value is -0.739. The van der Waals surface area contributed by atoms with Crippen LogP contribution in [-0.2, 0) is 8.23 Å². The van der Waals surface area contributed by atoms with E-state index in [0.29, 0.717) is 5.89 Å². The molecule has 1 aromatic carbocycles. The summed E-state index contributed by atoms with van der Waals surface area (Å²) in [6.07, 6.45) is 0. The smallest absolute Gasteiger partial charge is 0.352 e. The minimum atomic E-state index is -2.56. The molecule has 0 amide bonds. The van der Waals surface area contributed by atoms with Crippen molar-refractivity contribution in [2.75, 3.05) is 0 Å². The van der Waals surface area contributed by atoms with E-state index in [-0.39, 0.29) is 0 Å². The molecule has 7 heteroatoms. The zero-order chi connectivity index (χ0) is 16.8. The monoisotopic (exact) mass is 353 g/mol. The van der Waals surface area contributed by atoms with Crippen LogP contribution in [0.1, 0.15) is 5.89 Å². The van der Waals surface area contributed by atoms with Crippen LogP contribution in [0.3, 0.4) is 0 Å². The molecule has 2 rings (SSSR count). The maximum atomic E-state index is 6.61. The van der Waals surface area contributed by atoms with E-state index in [0.717, 1.165) is 16.3 Å². The number of nitrogens with zero attached hydrogens (tertiary/aromatic N) is 1. The minimum Gasteiger partial charge on any atom is -0.441 e. The first kappa shape index (κ1) is 17.6. The van der Waals surface area contributed by atoms with Crippen LogP contribution in [-0.4, -0.2) is 30.2 Å². The molecule has 2 aromatic rings. The van der Waals surface area contributed by atoms with Crippen LogP contribution in [0.25, 0.3) is 11.1 Å². The quantitative estimate of drug-likeness (QED) is 0.759. The van der Waals surface area contributed by atoms with Gasteiger partial charge in [0.2, 0.25) is 0 Å². The third kappa shape index (κ3) is 4.17. The molecule has 0 radical (unpaired) electrons. The van der Waals surface area contributed by atoms with Gasteiger partial charge in [-0.15, -0.1) is 0 Å². The fraction of sp³-hybridized carbons (Fsp3) is 0.533. The van der Waals surface area contributed by atoms with E-state index < -0.39 is 25.2 Å². The molecule has 122 valence electrons. The second kappa shape index (κ2) is 5.72. The van der Waals surface area contributed by atoms with E-state index >= 15 is 0 Å². The molecule has 4 nitrogen and oxygen atoms in total. The van der Waals surface area contributed by atoms with Gasteiger partial charge in [-0.3, -0.25) is 0 Å². The van der Waals surface area contributed by atoms with Crippen LogP contribution >= 0.6 is 0 Å². The van der Waals surface area contributed by atoms with Crippen molar-refractivity contribution in [2.45, 2.75) is 52.8 Å². The van der Waals surface area contributed by atoms with Gasteiger partial charge in [0.25, 0.3) is 0 Å². The standard InChI is InChI=1S/C15H27NO3Si3/c1-12-16-13-10-9-11-14(15(13)17-12)22(8,18-20(2,3)4)19-21(5,6)7/h9-11H,1-8H3. The first-order valence-corrected chi connectivity index (χ1v) is 16.8. The molecule has 1 heterocycles. The predicted molar refractivity (Wildman–Crippen MR) is 98.9 cm³/mol. The lowest BCUT2D eigenvalue weighted by molar-refractivity contribution is 0.404. The Morgan fingerprint density at radius 3 is 1.95 bits per heavy atom. The normalized spacial score (nSPS) is 13.8. The van der Waals surface area contributed by atoms with Crippen LogP contribution in [0, 0.1) is 6.92 Å². The van der Waals surface area contributed by atoms with Gasteiger partial charge in [-0.1, -0.05) is 12.1 Å². The highest BCUT2D eigenvalue weighted by Crippen LogP contribution is 2.24. The zero-order valence-electron chi connectivity index (χ0n) is 14.9. The number of hydrogen-bond acceptors (Lipinski definition) is 4. The second-order valence-electron chi connectivity index (χ2n) is 7.76. The number of hydrogen-bond donors (Lipinski definition) is 0. The Labute approximate surface area is 136 Å². The predicted octanol–water partition coefficient (Wildman–Crippen LogP) is 4.12. The van der Waals surface area contributed by atoms with Crippen molar-refractivity contribution in [1.29, 1.82) is 0 Å². The van der Waals surface area contributed by atoms with Crippen molar-refractivity contribution in [2.24, 2.45) is 0 Å². The highest BCUT2D eigenvalue weighted by atomic mass is 28.5. The van der Waals surface area contributed by atoms with Gasteiger partial charge in [0.15, 0.2) is 28.1 Å². The maximum Gasteiger partial charge on any atom is 0.352 e. The van der Waals surface area contributed by atoms with E-state index in [1.165, 1.54) is 0 Å². The molecule has 0 aliphatic heterocycles. The molecule has 0 unspecified atom stereocenters. The topological polar surface area (TPSA) is 44.5 Å². The molecule has 0 aliphatic rings. The van der Waals surface area contributed by atoms with E-state index in [1.54, 1.807) is 0 Å². The van der Waals surface area contributed by atoms with E-state index in [4.69, 9.17) is 12.6 Å². The Bertz CT molecular complexity index is 655. The number of oxazole rings is 1. The highest BCUT2D eigenvalue weighted by molar-refractivity contribution is 6.95. The van der Waals surface area contributed by atoms with Crippen molar-refractivity contribution in [3.05, 3.63) is 24.1 Å². The molecule has 0 bridgehead atoms. The molecule has 0 saturated heterocycles. The van der Waals surface area contributed by atoms with Gasteiger partial charge in [-0.05, 0) is 51.9 Å². The van der Waals surface area contributed by atoms with Crippen LogP contribution in [0.2, 0.25) is 45.8 Å². The van der Waals surface area contributed by atoms with Crippen LogP contribution < -0.4 is 5.19 Å². The maximum absolute atomic E-state index is 6.61. The molecule has 22 heavy (non-hydrogen) atoms. The number of fused-ring (bicyclic) bond motifs is 1. The minimum absolute atomic E-state index is 0.680. The first-order valence-electron chi connectivity index (χ1n) is 7.67. The summed E-state index contributed by atoms with van der Waals surface area (Å²) >= 11 is 0. The number of benzene rings is 1. The number of aryl methyl sites for hydroxylation is 1. The molecule has 0 atom stereocenters. The summed E-state index contributed by atoms with van der Waals surface area (Å²) in [6, 6.07) is 6.08. The molecular formula is C15H27NO3Si3. The van der Waals surface area contributed by atoms with E-state index in [2.05, 4.69) is 56.9 Å². The van der Waals surface area contributed by atoms with Crippen molar-refractivity contribution < 1.29 is 12.6 Å². The Morgan fingerprint density at radius 1 is 0.909 bits per heavy atom. The molecular weight excluding hydrogens is 326 g/mol. The molecule has 0 saturated carbocycles. The lowest BCUT2D eigenvalue weighted by atomic mass is 10.3. The number of rotatable bonds is 5. The Balaban J connectivity index is 2.60. The lowest BCUT2D eigenvalue weighted by Gasteiger charge is -2.38. The third-order valence-corrected chi connectivity index (χ3v) is 12.4. The molecule has 0 spiro atoms. The highest BCUT2D eigenvalue weighted by Gasteiger charge is 2.44. The van der Waals surface area contributed by atoms with E-state index in [9.17, 15) is 0 Å². The van der Waals surface area contributed by atoms with Crippen molar-refractivity contribution in [3.63, 3.8) is 0 Å². The Kier molecular flexibility index (Phi) is 4.58. The summed E-state index contributed by atoms with van der Waals surface area (Å²) in [4.78, 5) is 4.45. The van der Waals surface area contributed by atoms with E-state index in [1.807, 2.05) is 19.1 Å². The van der Waals surface area contributed by atoms with Crippen LogP contribution in [0.15, 0.2) is 22.6 Å². The SMILES string of the molecule is Cc1nc2cccc([Si](C)(O[Si](C)(C)C)O[Si](C)(C)C)c2o1. The third-order valence-electron chi connectivity index (χ3n) is 3.01. The zero-order valence-corrected chi connectivity index (χ0v) is 17.9. The van der Waals surface area contributed by atoms with Crippen molar-refractivity contribution in [1.82, 2.24) is 4.98 Å². The van der Waals surface area contributed by atoms with Gasteiger partial charge in [0.1, 0.15) is 5.52 Å². The lowest BCUT2D eigenvalue weighted by Crippen LogP contribution is -2.60.